The van der Waals surface area contributed by atoms with Gasteiger partial charge < -0.3 is 19.9 Å². The summed E-state index contributed by atoms with van der Waals surface area (Å²) in [6.45, 7) is 11.4. The fraction of sp³-hybridized carbons (Fsp3) is 0.478. The normalized spacial score (nSPS) is 17.0. The van der Waals surface area contributed by atoms with Gasteiger partial charge in [-0.15, -0.1) is 11.3 Å². The maximum atomic E-state index is 12.3. The number of ether oxygens (including phenoxy) is 1. The Kier molecular flexibility index (Phi) is 6.20. The largest absolute Gasteiger partial charge is 0.414 e. The van der Waals surface area contributed by atoms with Crippen LogP contribution in [-0.2, 0) is 4.74 Å². The molecular formula is C23H32N5O2S+. The third-order valence-corrected chi connectivity index (χ3v) is 7.08. The molecule has 1 fully saturated rings. The van der Waals surface area contributed by atoms with E-state index in [1.54, 1.807) is 16.2 Å². The summed E-state index contributed by atoms with van der Waals surface area (Å²) in [4.78, 5) is 22.7. The first-order valence-electron chi connectivity index (χ1n) is 11.0. The molecule has 1 saturated heterocycles. The Bertz CT molecular complexity index is 974. The molecule has 2 aliphatic heterocycles. The molecule has 0 saturated carbocycles. The van der Waals surface area contributed by atoms with Crippen molar-refractivity contribution in [1.82, 2.24) is 9.80 Å². The van der Waals surface area contributed by atoms with Gasteiger partial charge in [0.15, 0.2) is 0 Å². The van der Waals surface area contributed by atoms with Crippen LogP contribution in [0.15, 0.2) is 35.3 Å². The van der Waals surface area contributed by atoms with Crippen LogP contribution in [0.5, 0.6) is 0 Å². The molecule has 0 bridgehead atoms. The van der Waals surface area contributed by atoms with Gasteiger partial charge in [-0.25, -0.2) is 9.79 Å². The number of nitrogens with one attached hydrogen (secondary N) is 1. The lowest BCUT2D eigenvalue weighted by Crippen LogP contribution is -2.59. The predicted octanol–water partition coefficient (Wildman–Crippen LogP) is 4.39. The first-order valence-corrected chi connectivity index (χ1v) is 11.8. The van der Waals surface area contributed by atoms with Gasteiger partial charge in [0.25, 0.3) is 0 Å². The van der Waals surface area contributed by atoms with Gasteiger partial charge in [0.2, 0.25) is 6.73 Å². The third-order valence-electron chi connectivity index (χ3n) is 6.12. The van der Waals surface area contributed by atoms with E-state index in [-0.39, 0.29) is 6.09 Å². The fourth-order valence-corrected chi connectivity index (χ4v) is 4.98. The van der Waals surface area contributed by atoms with Crippen LogP contribution in [0, 0.1) is 6.92 Å². The Morgan fingerprint density at radius 1 is 1.26 bits per heavy atom. The number of aliphatic imine (C=N–C) groups is 1. The van der Waals surface area contributed by atoms with Crippen molar-refractivity contribution in [2.24, 2.45) is 4.99 Å². The van der Waals surface area contributed by atoms with Crippen LogP contribution >= 0.6 is 11.3 Å². The van der Waals surface area contributed by atoms with Crippen molar-refractivity contribution in [3.05, 3.63) is 40.8 Å². The molecular weight excluding hydrogens is 410 g/mol. The lowest BCUT2D eigenvalue weighted by atomic mass is 10.2. The van der Waals surface area contributed by atoms with Crippen LogP contribution < -0.4 is 5.32 Å². The molecule has 4 rings (SSSR count). The van der Waals surface area contributed by atoms with Crippen molar-refractivity contribution in [2.75, 3.05) is 58.4 Å². The quantitative estimate of drug-likeness (QED) is 0.714. The van der Waals surface area contributed by atoms with Gasteiger partial charge in [0.1, 0.15) is 10.8 Å². The molecule has 7 nitrogen and oxygen atoms in total. The number of thiophene rings is 1. The molecule has 0 radical (unpaired) electrons. The summed E-state index contributed by atoms with van der Waals surface area (Å²) in [7, 11) is 2.17. The number of amides is 1. The molecule has 0 aliphatic carbocycles. The molecule has 0 atom stereocenters. The number of carbonyl (C=O) groups is 1. The Labute approximate surface area is 188 Å². The monoisotopic (exact) mass is 442 g/mol. The summed E-state index contributed by atoms with van der Waals surface area (Å²) >= 11 is 1.77. The molecule has 1 N–H and O–H groups in total. The van der Waals surface area contributed by atoms with E-state index in [0.717, 1.165) is 52.9 Å². The summed E-state index contributed by atoms with van der Waals surface area (Å²) < 4.78 is 6.36. The molecule has 1 aromatic carbocycles. The molecule has 1 amide bonds. The van der Waals surface area contributed by atoms with E-state index in [4.69, 9.17) is 9.73 Å². The van der Waals surface area contributed by atoms with Crippen molar-refractivity contribution in [3.63, 3.8) is 0 Å². The number of amidine groups is 1. The SMILES string of the molecule is CCN(CC)C(=O)OC[N+]1(C)CCN(C2=Nc3ccccc3Nc3sc(C)cc32)CC1. The molecule has 2 aromatic rings. The summed E-state index contributed by atoms with van der Waals surface area (Å²) in [5, 5.41) is 4.72. The minimum absolute atomic E-state index is 0.221. The second-order valence-corrected chi connectivity index (χ2v) is 9.70. The minimum Gasteiger partial charge on any atom is -0.399 e. The first kappa shape index (κ1) is 21.6. The predicted molar refractivity (Wildman–Crippen MR) is 127 cm³/mol. The van der Waals surface area contributed by atoms with Crippen molar-refractivity contribution in [3.8, 4) is 0 Å². The summed E-state index contributed by atoms with van der Waals surface area (Å²) in [5.74, 6) is 1.03. The number of anilines is 2. The Morgan fingerprint density at radius 3 is 2.68 bits per heavy atom. The highest BCUT2D eigenvalue weighted by molar-refractivity contribution is 7.16. The highest BCUT2D eigenvalue weighted by Crippen LogP contribution is 2.39. The Hall–Kier alpha value is -2.58. The summed E-state index contributed by atoms with van der Waals surface area (Å²) in [6, 6.07) is 10.4. The second-order valence-electron chi connectivity index (χ2n) is 8.44. The van der Waals surface area contributed by atoms with E-state index in [9.17, 15) is 4.79 Å². The number of benzene rings is 1. The molecule has 1 aromatic heterocycles. The van der Waals surface area contributed by atoms with Crippen LogP contribution in [0.4, 0.5) is 21.2 Å². The van der Waals surface area contributed by atoms with Crippen molar-refractivity contribution < 1.29 is 14.0 Å². The number of carbonyl (C=O) groups excluding carboxylic acids is 1. The third kappa shape index (κ3) is 4.55. The van der Waals surface area contributed by atoms with Gasteiger partial charge >= 0.3 is 6.09 Å². The van der Waals surface area contributed by atoms with E-state index in [1.165, 1.54) is 10.4 Å². The molecule has 166 valence electrons. The number of nitrogens with zero attached hydrogens (tertiary/aromatic N) is 4. The zero-order valence-corrected chi connectivity index (χ0v) is 19.7. The molecule has 2 aliphatic rings. The Morgan fingerprint density at radius 2 is 1.97 bits per heavy atom. The summed E-state index contributed by atoms with van der Waals surface area (Å²) in [6.07, 6.45) is -0.221. The van der Waals surface area contributed by atoms with E-state index in [0.29, 0.717) is 19.8 Å². The average molecular weight is 443 g/mol. The van der Waals surface area contributed by atoms with Crippen molar-refractivity contribution >= 4 is 39.6 Å². The maximum absolute atomic E-state index is 12.3. The van der Waals surface area contributed by atoms with Gasteiger partial charge in [0.05, 0.1) is 50.2 Å². The lowest BCUT2D eigenvalue weighted by Gasteiger charge is -2.42. The molecule has 8 heteroatoms. The molecule has 3 heterocycles. The van der Waals surface area contributed by atoms with E-state index in [1.807, 2.05) is 26.0 Å². The van der Waals surface area contributed by atoms with E-state index in [2.05, 4.69) is 42.4 Å². The van der Waals surface area contributed by atoms with Crippen molar-refractivity contribution in [2.45, 2.75) is 20.8 Å². The van der Waals surface area contributed by atoms with Crippen LogP contribution in [0.3, 0.4) is 0 Å². The molecule has 0 unspecified atom stereocenters. The number of fused-ring (bicyclic) bond motifs is 2. The Balaban J connectivity index is 1.49. The minimum atomic E-state index is -0.221. The molecule has 0 spiro atoms. The zero-order chi connectivity index (χ0) is 22.0. The highest BCUT2D eigenvalue weighted by atomic mass is 32.1. The van der Waals surface area contributed by atoms with Gasteiger partial charge in [-0.3, -0.25) is 4.48 Å². The number of hydrogen-bond acceptors (Lipinski definition) is 6. The van der Waals surface area contributed by atoms with Crippen molar-refractivity contribution in [1.29, 1.82) is 0 Å². The van der Waals surface area contributed by atoms with Crippen LogP contribution in [0.2, 0.25) is 0 Å². The second kappa shape index (κ2) is 8.88. The van der Waals surface area contributed by atoms with E-state index >= 15 is 0 Å². The first-order chi connectivity index (χ1) is 14.9. The van der Waals surface area contributed by atoms with Crippen LogP contribution in [0.1, 0.15) is 24.3 Å². The van der Waals surface area contributed by atoms with Gasteiger partial charge in [0, 0.05) is 18.0 Å². The van der Waals surface area contributed by atoms with Crippen LogP contribution in [0.25, 0.3) is 0 Å². The number of hydrogen-bond donors (Lipinski definition) is 1. The number of piperazine rings is 1. The standard InChI is InChI=1S/C23H32N5O2S/c1-5-26(6-2)23(29)30-16-28(4)13-11-27(12-14-28)21-18-15-17(3)31-22(18)25-20-10-8-7-9-19(20)24-21/h7-10,15,25H,5-6,11-14,16H2,1-4H3/q+1. The number of likely N-dealkylation sites (N-methyl/N-ethyl adjacent to an activating group) is 1. The van der Waals surface area contributed by atoms with Gasteiger partial charge in [-0.2, -0.15) is 0 Å². The fourth-order valence-electron chi connectivity index (χ4n) is 4.06. The average Bonchev–Trinajstić information content (AvgIpc) is 3.05. The lowest BCUT2D eigenvalue weighted by molar-refractivity contribution is -0.929. The van der Waals surface area contributed by atoms with Crippen LogP contribution in [-0.4, -0.2) is 79.3 Å². The number of rotatable bonds is 4. The zero-order valence-electron chi connectivity index (χ0n) is 18.9. The molecule has 31 heavy (non-hydrogen) atoms. The number of quaternary nitrogens is 1. The summed E-state index contributed by atoms with van der Waals surface area (Å²) in [5.41, 5.74) is 3.18. The topological polar surface area (TPSA) is 57.2 Å². The number of aryl methyl sites for hydroxylation is 1. The van der Waals surface area contributed by atoms with Gasteiger partial charge in [-0.1, -0.05) is 12.1 Å². The smallest absolute Gasteiger partial charge is 0.399 e. The maximum Gasteiger partial charge on any atom is 0.414 e. The van der Waals surface area contributed by atoms with E-state index < -0.39 is 0 Å². The highest BCUT2D eigenvalue weighted by Gasteiger charge is 2.33. The van der Waals surface area contributed by atoms with Gasteiger partial charge in [-0.05, 0) is 39.0 Å². The number of para-hydroxylation sites is 2.